The third kappa shape index (κ3) is 2.23. The number of imidazole rings is 1. The number of aromatic amines is 1. The number of rotatable bonds is 1. The number of carbonyl (C=O) groups is 1. The summed E-state index contributed by atoms with van der Waals surface area (Å²) < 4.78 is 8.39. The first-order chi connectivity index (χ1) is 11.9. The van der Waals surface area contributed by atoms with Crippen molar-refractivity contribution in [3.05, 3.63) is 61.9 Å². The van der Waals surface area contributed by atoms with Crippen molar-refractivity contribution in [1.29, 1.82) is 0 Å². The highest BCUT2D eigenvalue weighted by Gasteiger charge is 2.31. The average Bonchev–Trinajstić information content (AvgIpc) is 2.77. The summed E-state index contributed by atoms with van der Waals surface area (Å²) in [6.45, 7) is 1.74. The van der Waals surface area contributed by atoms with Crippen molar-refractivity contribution in [3.63, 3.8) is 0 Å². The lowest BCUT2D eigenvalue weighted by Gasteiger charge is -2.24. The first kappa shape index (κ1) is 15.4. The van der Waals surface area contributed by atoms with Gasteiger partial charge in [0.2, 0.25) is 0 Å². The van der Waals surface area contributed by atoms with Crippen molar-refractivity contribution < 1.29 is 9.53 Å². The number of hydrogen-bond acceptors (Lipinski definition) is 4. The zero-order chi connectivity index (χ0) is 17.9. The number of carbonyl (C=O) groups excluding carboxylic acids is 1. The van der Waals surface area contributed by atoms with E-state index in [9.17, 15) is 14.4 Å². The van der Waals surface area contributed by atoms with E-state index >= 15 is 0 Å². The number of nitrogens with one attached hydrogen (secondary N) is 1. The van der Waals surface area contributed by atoms with Gasteiger partial charge in [-0.05, 0) is 24.6 Å². The Hall–Kier alpha value is -3.09. The number of H-pyrrole nitrogens is 1. The number of esters is 1. The quantitative estimate of drug-likeness (QED) is 0.678. The molecule has 0 saturated carbocycles. The largest absolute Gasteiger partial charge is 0.426 e. The van der Waals surface area contributed by atoms with Crippen molar-refractivity contribution in [1.82, 2.24) is 14.1 Å². The first-order valence-corrected chi connectivity index (χ1v) is 7.96. The van der Waals surface area contributed by atoms with Gasteiger partial charge in [-0.3, -0.25) is 18.7 Å². The highest BCUT2D eigenvalue weighted by atomic mass is 16.5. The lowest BCUT2D eigenvalue weighted by molar-refractivity contribution is -0.135. The van der Waals surface area contributed by atoms with Crippen LogP contribution in [-0.2, 0) is 18.9 Å². The number of benzene rings is 1. The van der Waals surface area contributed by atoms with Gasteiger partial charge in [0.25, 0.3) is 5.56 Å². The number of fused-ring (bicyclic) bond motifs is 2. The summed E-state index contributed by atoms with van der Waals surface area (Å²) in [5, 5.41) is 0. The molecule has 3 heterocycles. The molecule has 4 rings (SSSR count). The van der Waals surface area contributed by atoms with Crippen LogP contribution in [0, 0.1) is 6.92 Å². The minimum Gasteiger partial charge on any atom is -0.426 e. The van der Waals surface area contributed by atoms with Crippen LogP contribution in [0.1, 0.15) is 29.2 Å². The fourth-order valence-corrected chi connectivity index (χ4v) is 3.54. The van der Waals surface area contributed by atoms with Crippen molar-refractivity contribution in [3.8, 4) is 5.75 Å². The Bertz CT molecular complexity index is 1150. The molecule has 0 aliphatic carbocycles. The van der Waals surface area contributed by atoms with E-state index in [0.29, 0.717) is 17.0 Å². The van der Waals surface area contributed by atoms with Crippen molar-refractivity contribution in [2.45, 2.75) is 19.3 Å². The summed E-state index contributed by atoms with van der Waals surface area (Å²) in [7, 11) is 3.42. The van der Waals surface area contributed by atoms with E-state index in [1.165, 1.54) is 0 Å². The third-order valence-electron chi connectivity index (χ3n) is 4.81. The number of ether oxygens (including phenoxy) is 1. The van der Waals surface area contributed by atoms with Crippen LogP contribution in [0.3, 0.4) is 0 Å². The van der Waals surface area contributed by atoms with Gasteiger partial charge in [-0.1, -0.05) is 6.07 Å². The molecule has 7 heteroatoms. The van der Waals surface area contributed by atoms with Gasteiger partial charge in [0.15, 0.2) is 0 Å². The van der Waals surface area contributed by atoms with Crippen LogP contribution >= 0.6 is 0 Å². The molecule has 0 bridgehead atoms. The standard InChI is InChI=1S/C18H17N3O4/c1-9-6-14-16(17(23)19-9)11(8-15(22)25-14)10-4-5-12-13(7-10)21(3)18(24)20(12)2/h4-7,11H,8H2,1-3H3,(H,19,23)/t11-/m1/s1. The fraction of sp³-hybridized carbons (Fsp3) is 0.278. The second kappa shape index (κ2) is 5.20. The minimum absolute atomic E-state index is 0.0887. The molecule has 1 aliphatic heterocycles. The topological polar surface area (TPSA) is 86.1 Å². The number of hydrogen-bond donors (Lipinski definition) is 1. The second-order valence-electron chi connectivity index (χ2n) is 6.44. The van der Waals surface area contributed by atoms with E-state index in [1.807, 2.05) is 18.2 Å². The van der Waals surface area contributed by atoms with E-state index in [2.05, 4.69) is 4.98 Å². The molecule has 0 amide bonds. The zero-order valence-corrected chi connectivity index (χ0v) is 14.1. The van der Waals surface area contributed by atoms with Crippen LogP contribution < -0.4 is 16.0 Å². The molecule has 1 atom stereocenters. The van der Waals surface area contributed by atoms with Gasteiger partial charge in [0.05, 0.1) is 23.0 Å². The predicted molar refractivity (Wildman–Crippen MR) is 92.1 cm³/mol. The Labute approximate surface area is 142 Å². The lowest BCUT2D eigenvalue weighted by Crippen LogP contribution is -2.28. The Morgan fingerprint density at radius 1 is 1.08 bits per heavy atom. The molecule has 25 heavy (non-hydrogen) atoms. The van der Waals surface area contributed by atoms with Gasteiger partial charge < -0.3 is 9.72 Å². The van der Waals surface area contributed by atoms with Gasteiger partial charge in [-0.25, -0.2) is 4.79 Å². The maximum atomic E-state index is 12.5. The van der Waals surface area contributed by atoms with E-state index < -0.39 is 5.92 Å². The highest BCUT2D eigenvalue weighted by Crippen LogP contribution is 2.37. The van der Waals surface area contributed by atoms with Gasteiger partial charge in [-0.2, -0.15) is 0 Å². The fourth-order valence-electron chi connectivity index (χ4n) is 3.54. The van der Waals surface area contributed by atoms with Gasteiger partial charge in [0, 0.05) is 31.8 Å². The Morgan fingerprint density at radius 2 is 1.80 bits per heavy atom. The zero-order valence-electron chi connectivity index (χ0n) is 14.1. The number of nitrogens with zero attached hydrogens (tertiary/aromatic N) is 2. The van der Waals surface area contributed by atoms with Gasteiger partial charge in [0.1, 0.15) is 5.75 Å². The average molecular weight is 339 g/mol. The maximum absolute atomic E-state index is 12.5. The molecule has 0 fully saturated rings. The molecule has 0 spiro atoms. The van der Waals surface area contributed by atoms with E-state index in [0.717, 1.165) is 16.6 Å². The Morgan fingerprint density at radius 3 is 2.56 bits per heavy atom. The predicted octanol–water partition coefficient (Wildman–Crippen LogP) is 1.31. The molecule has 7 nitrogen and oxygen atoms in total. The first-order valence-electron chi connectivity index (χ1n) is 7.96. The van der Waals surface area contributed by atoms with Crippen molar-refractivity contribution in [2.75, 3.05) is 0 Å². The summed E-state index contributed by atoms with van der Waals surface area (Å²) >= 11 is 0. The second-order valence-corrected chi connectivity index (χ2v) is 6.44. The SMILES string of the molecule is Cc1cc2c(c(=O)[nH]1)[C@@H](c1ccc3c(c1)n(C)c(=O)n3C)CC(=O)O2. The molecular weight excluding hydrogens is 322 g/mol. The summed E-state index contributed by atoms with van der Waals surface area (Å²) in [6.07, 6.45) is 0.0887. The normalized spacial score (nSPS) is 16.8. The van der Waals surface area contributed by atoms with E-state index in [-0.39, 0.29) is 23.6 Å². The van der Waals surface area contributed by atoms with Gasteiger partial charge >= 0.3 is 11.7 Å². The summed E-state index contributed by atoms with van der Waals surface area (Å²) in [5.41, 5.74) is 3.07. The number of pyridine rings is 1. The summed E-state index contributed by atoms with van der Waals surface area (Å²) in [5.74, 6) is -0.464. The molecule has 2 aromatic heterocycles. The number of aryl methyl sites for hydroxylation is 3. The van der Waals surface area contributed by atoms with Crippen LogP contribution in [0.4, 0.5) is 0 Å². The van der Waals surface area contributed by atoms with Crippen LogP contribution in [0.2, 0.25) is 0 Å². The monoisotopic (exact) mass is 339 g/mol. The Balaban J connectivity index is 1.96. The maximum Gasteiger partial charge on any atom is 0.328 e. The van der Waals surface area contributed by atoms with Crippen LogP contribution in [0.15, 0.2) is 33.9 Å². The molecule has 0 unspecified atom stereocenters. The third-order valence-corrected chi connectivity index (χ3v) is 4.81. The minimum atomic E-state index is -0.402. The molecule has 3 aromatic rings. The van der Waals surface area contributed by atoms with Crippen LogP contribution in [0.5, 0.6) is 5.75 Å². The van der Waals surface area contributed by atoms with Crippen LogP contribution in [-0.4, -0.2) is 20.1 Å². The summed E-state index contributed by atoms with van der Waals surface area (Å²) in [4.78, 5) is 39.4. The van der Waals surface area contributed by atoms with Crippen molar-refractivity contribution >= 4 is 17.0 Å². The Kier molecular flexibility index (Phi) is 3.21. The van der Waals surface area contributed by atoms with E-state index in [4.69, 9.17) is 4.74 Å². The van der Waals surface area contributed by atoms with Crippen LogP contribution in [0.25, 0.3) is 11.0 Å². The molecule has 128 valence electrons. The molecule has 1 aromatic carbocycles. The lowest BCUT2D eigenvalue weighted by atomic mass is 9.87. The highest BCUT2D eigenvalue weighted by molar-refractivity contribution is 5.80. The molecule has 1 aliphatic rings. The summed E-state index contributed by atoms with van der Waals surface area (Å²) in [6, 6.07) is 7.23. The van der Waals surface area contributed by atoms with Crippen molar-refractivity contribution in [2.24, 2.45) is 14.1 Å². The molecule has 0 radical (unpaired) electrons. The van der Waals surface area contributed by atoms with Gasteiger partial charge in [-0.15, -0.1) is 0 Å². The molecular formula is C18H17N3O4. The van der Waals surface area contributed by atoms with E-state index in [1.54, 1.807) is 36.2 Å². The molecule has 1 N–H and O–H groups in total. The number of aromatic nitrogens is 3. The smallest absolute Gasteiger partial charge is 0.328 e. The molecule has 0 saturated heterocycles.